The third-order valence-corrected chi connectivity index (χ3v) is 6.39. The summed E-state index contributed by atoms with van der Waals surface area (Å²) in [5.74, 6) is -0.227. The van der Waals surface area contributed by atoms with Gasteiger partial charge in [0.2, 0.25) is 10.5 Å². The zero-order chi connectivity index (χ0) is 19.0. The van der Waals surface area contributed by atoms with Gasteiger partial charge in [0.25, 0.3) is 0 Å². The van der Waals surface area contributed by atoms with Gasteiger partial charge < -0.3 is 9.54 Å². The summed E-state index contributed by atoms with van der Waals surface area (Å²) in [6.45, 7) is 3.13. The molecule has 0 aliphatic rings. The average molecular weight is 500 g/mol. The van der Waals surface area contributed by atoms with Crippen LogP contribution in [0.1, 0.15) is 28.4 Å². The molecule has 0 aliphatic heterocycles. The number of hydrogen-bond donors (Lipinski definition) is 1. The lowest BCUT2D eigenvalue weighted by Gasteiger charge is -2.15. The van der Waals surface area contributed by atoms with Crippen LogP contribution in [0, 0.1) is 10.5 Å². The Bertz CT molecular complexity index is 1080. The van der Waals surface area contributed by atoms with Crippen LogP contribution in [0.25, 0.3) is 10.9 Å². The summed E-state index contributed by atoms with van der Waals surface area (Å²) in [7, 11) is 0. The van der Waals surface area contributed by atoms with Crippen LogP contribution in [0.15, 0.2) is 46.2 Å². The molecule has 0 saturated carbocycles. The minimum absolute atomic E-state index is 0.0889. The monoisotopic (exact) mass is 499 g/mol. The molecule has 1 aromatic heterocycles. The van der Waals surface area contributed by atoms with Crippen LogP contribution >= 0.6 is 34.2 Å². The molecular weight excluding hydrogens is 485 g/mol. The van der Waals surface area contributed by atoms with Crippen molar-refractivity contribution in [3.05, 3.63) is 71.9 Å². The van der Waals surface area contributed by atoms with E-state index in [1.807, 2.05) is 31.2 Å². The van der Waals surface area contributed by atoms with Crippen molar-refractivity contribution in [1.82, 2.24) is 4.98 Å². The van der Waals surface area contributed by atoms with Crippen LogP contribution in [-0.2, 0) is 16.9 Å². The van der Waals surface area contributed by atoms with Crippen LogP contribution in [0.4, 0.5) is 0 Å². The van der Waals surface area contributed by atoms with E-state index in [0.717, 1.165) is 14.7 Å². The second kappa shape index (κ2) is 7.72. The van der Waals surface area contributed by atoms with Crippen LogP contribution in [0.2, 0.25) is 5.02 Å². The van der Waals surface area contributed by atoms with Crippen molar-refractivity contribution in [2.24, 2.45) is 0 Å². The van der Waals surface area contributed by atoms with Crippen molar-refractivity contribution in [3.63, 3.8) is 0 Å². The first-order valence-electron chi connectivity index (χ1n) is 7.78. The van der Waals surface area contributed by atoms with E-state index in [9.17, 15) is 14.1 Å². The number of ketones is 1. The number of aryl methyl sites for hydroxylation is 1. The molecule has 1 unspecified atom stereocenters. The fourth-order valence-corrected chi connectivity index (χ4v) is 4.97. The maximum absolute atomic E-state index is 13.0. The molecule has 4 nitrogen and oxygen atoms in total. The van der Waals surface area contributed by atoms with Gasteiger partial charge in [-0.25, -0.2) is 0 Å². The van der Waals surface area contributed by atoms with E-state index in [4.69, 9.17) is 11.6 Å². The van der Waals surface area contributed by atoms with Crippen molar-refractivity contribution < 1.29 is 9.35 Å². The predicted molar refractivity (Wildman–Crippen MR) is 114 cm³/mol. The largest absolute Gasteiger partial charge is 0.610 e. The molecule has 0 radical (unpaired) electrons. The van der Waals surface area contributed by atoms with Crippen molar-refractivity contribution in [3.8, 4) is 0 Å². The lowest BCUT2D eigenvalue weighted by molar-refractivity contribution is 0.101. The number of halogens is 2. The van der Waals surface area contributed by atoms with Crippen LogP contribution in [0.5, 0.6) is 0 Å². The number of H-pyrrole nitrogens is 1. The molecule has 2 aromatic carbocycles. The Balaban J connectivity index is 2.21. The van der Waals surface area contributed by atoms with Crippen LogP contribution in [-0.4, -0.2) is 15.3 Å². The zero-order valence-electron chi connectivity index (χ0n) is 14.1. The molecule has 0 fully saturated rings. The number of carbonyl (C=O) groups excluding carboxylic acids is 1. The third-order valence-electron chi connectivity index (χ3n) is 4.05. The highest BCUT2D eigenvalue weighted by atomic mass is 127. The van der Waals surface area contributed by atoms with E-state index in [1.165, 1.54) is 6.92 Å². The molecule has 0 spiro atoms. The van der Waals surface area contributed by atoms with E-state index in [-0.39, 0.29) is 26.8 Å². The van der Waals surface area contributed by atoms with Gasteiger partial charge in [-0.2, -0.15) is 0 Å². The van der Waals surface area contributed by atoms with Gasteiger partial charge in [0, 0.05) is 20.3 Å². The average Bonchev–Trinajstić information content (AvgIpc) is 2.57. The Morgan fingerprint density at radius 2 is 2.04 bits per heavy atom. The highest BCUT2D eigenvalue weighted by Gasteiger charge is 2.26. The van der Waals surface area contributed by atoms with Crippen LogP contribution in [0.3, 0.4) is 0 Å². The Labute approximate surface area is 172 Å². The summed E-state index contributed by atoms with van der Waals surface area (Å²) in [4.78, 5) is 28.1. The topological polar surface area (TPSA) is 73.0 Å². The first kappa shape index (κ1) is 19.4. The smallest absolute Gasteiger partial charge is 0.238 e. The normalized spacial score (nSPS) is 12.3. The van der Waals surface area contributed by atoms with E-state index < -0.39 is 22.4 Å². The summed E-state index contributed by atoms with van der Waals surface area (Å²) < 4.78 is 14.0. The van der Waals surface area contributed by atoms with Gasteiger partial charge in [-0.3, -0.25) is 9.59 Å². The number of Topliss-reactive ketones (excluding diaryl/α,β-unsaturated/α-hetero) is 1. The summed E-state index contributed by atoms with van der Waals surface area (Å²) in [6.07, 6.45) is 0. The molecule has 3 aromatic rings. The second-order valence-corrected chi connectivity index (χ2v) is 8.99. The van der Waals surface area contributed by atoms with Gasteiger partial charge in [-0.05, 0) is 60.2 Å². The minimum atomic E-state index is -1.58. The number of fused-ring (bicyclic) bond motifs is 1. The zero-order valence-corrected chi connectivity index (χ0v) is 17.8. The predicted octanol–water partition coefficient (Wildman–Crippen LogP) is 4.60. The second-order valence-electron chi connectivity index (χ2n) is 5.95. The molecule has 7 heteroatoms. The molecule has 0 amide bonds. The maximum Gasteiger partial charge on any atom is 0.238 e. The number of nitrogens with one attached hydrogen (secondary N) is 1. The van der Waals surface area contributed by atoms with Crippen molar-refractivity contribution in [2.75, 3.05) is 0 Å². The van der Waals surface area contributed by atoms with Gasteiger partial charge in [-0.15, -0.1) is 0 Å². The molecule has 0 bridgehead atoms. The SMILES string of the molecule is CC(=O)c1c([S+]([O-])Cc2cccc(I)c2)[nH]c2c(C)ccc(Cl)c2c1=O. The van der Waals surface area contributed by atoms with Gasteiger partial charge in [-0.1, -0.05) is 29.8 Å². The maximum atomic E-state index is 13.0. The number of pyridine rings is 1. The number of hydrogen-bond acceptors (Lipinski definition) is 3. The van der Waals surface area contributed by atoms with Gasteiger partial charge in [0.05, 0.1) is 15.9 Å². The number of rotatable bonds is 4. The van der Waals surface area contributed by atoms with Gasteiger partial charge in [0.15, 0.2) is 5.78 Å². The van der Waals surface area contributed by atoms with E-state index in [0.29, 0.717) is 5.52 Å². The first-order chi connectivity index (χ1) is 12.3. The number of aromatic amines is 1. The summed E-state index contributed by atoms with van der Waals surface area (Å²) in [5, 5.41) is 0.676. The molecule has 1 atom stereocenters. The van der Waals surface area contributed by atoms with E-state index >= 15 is 0 Å². The molecule has 26 heavy (non-hydrogen) atoms. The lowest BCUT2D eigenvalue weighted by atomic mass is 10.1. The van der Waals surface area contributed by atoms with Crippen molar-refractivity contribution >= 4 is 62.1 Å². The number of carbonyl (C=O) groups is 1. The first-order valence-corrected chi connectivity index (χ1v) is 10.6. The minimum Gasteiger partial charge on any atom is -0.610 e. The van der Waals surface area contributed by atoms with E-state index in [2.05, 4.69) is 27.6 Å². The van der Waals surface area contributed by atoms with Gasteiger partial charge in [0.1, 0.15) is 11.3 Å². The van der Waals surface area contributed by atoms with Crippen LogP contribution < -0.4 is 5.43 Å². The quantitative estimate of drug-likeness (QED) is 0.324. The molecule has 0 saturated heterocycles. The molecule has 0 aliphatic carbocycles. The molecule has 134 valence electrons. The molecular formula is C19H15ClINO3S. The molecule has 1 N–H and O–H groups in total. The Kier molecular flexibility index (Phi) is 5.76. The Morgan fingerprint density at radius 3 is 2.69 bits per heavy atom. The van der Waals surface area contributed by atoms with Gasteiger partial charge >= 0.3 is 0 Å². The molecule has 1 heterocycles. The van der Waals surface area contributed by atoms with E-state index in [1.54, 1.807) is 12.1 Å². The number of aromatic nitrogens is 1. The highest BCUT2D eigenvalue weighted by molar-refractivity contribution is 14.1. The Morgan fingerprint density at radius 1 is 1.31 bits per heavy atom. The highest BCUT2D eigenvalue weighted by Crippen LogP contribution is 2.27. The Hall–Kier alpha value is -1.35. The number of benzene rings is 2. The third kappa shape index (κ3) is 3.69. The van der Waals surface area contributed by atoms with Crippen molar-refractivity contribution in [2.45, 2.75) is 24.6 Å². The lowest BCUT2D eigenvalue weighted by Crippen LogP contribution is -2.22. The summed E-state index contributed by atoms with van der Waals surface area (Å²) in [6, 6.07) is 11.0. The summed E-state index contributed by atoms with van der Waals surface area (Å²) in [5.41, 5.74) is 1.61. The standard InChI is InChI=1S/C19H15ClINO3S/c1-10-6-7-14(20)16-17(10)22-19(15(11(2)23)18(16)24)26(25)9-12-4-3-5-13(21)8-12/h3-8H,9H2,1-2H3,(H,22,24). The molecule has 3 rings (SSSR count). The summed E-state index contributed by atoms with van der Waals surface area (Å²) >= 11 is 6.79. The van der Waals surface area contributed by atoms with Crippen molar-refractivity contribution in [1.29, 1.82) is 0 Å². The fraction of sp³-hybridized carbons (Fsp3) is 0.158. The fourth-order valence-electron chi connectivity index (χ4n) is 2.81.